The molecule has 35 heavy (non-hydrogen) atoms. The topological polar surface area (TPSA) is 96.4 Å². The highest BCUT2D eigenvalue weighted by molar-refractivity contribution is 5.99. The Hall–Kier alpha value is -1.93. The molecule has 2 amide bonds. The normalized spacial score (nSPS) is 33.1. The summed E-state index contributed by atoms with van der Waals surface area (Å²) in [5.74, 6) is -2.57. The van der Waals surface area contributed by atoms with Crippen molar-refractivity contribution in [3.05, 3.63) is 12.7 Å². The van der Waals surface area contributed by atoms with Gasteiger partial charge in [-0.1, -0.05) is 40.2 Å². The summed E-state index contributed by atoms with van der Waals surface area (Å²) in [5.41, 5.74) is -1.93. The summed E-state index contributed by atoms with van der Waals surface area (Å²) in [7, 11) is 0. The van der Waals surface area contributed by atoms with E-state index in [0.717, 1.165) is 12.8 Å². The van der Waals surface area contributed by atoms with Gasteiger partial charge in [-0.05, 0) is 45.4 Å². The van der Waals surface area contributed by atoms with E-state index >= 15 is 0 Å². The molecule has 0 radical (unpaired) electrons. The maximum absolute atomic E-state index is 14.4. The number of likely N-dealkylation sites (tertiary alicyclic amines) is 1. The minimum absolute atomic E-state index is 0.0517. The number of ether oxygens (including phenoxy) is 2. The van der Waals surface area contributed by atoms with Crippen LogP contribution in [-0.2, 0) is 23.9 Å². The van der Waals surface area contributed by atoms with Crippen LogP contribution in [0.3, 0.4) is 0 Å². The number of hydrogen-bond acceptors (Lipinski definition) is 6. The van der Waals surface area contributed by atoms with Crippen LogP contribution in [0.5, 0.6) is 0 Å². The van der Waals surface area contributed by atoms with Crippen molar-refractivity contribution >= 4 is 17.8 Å². The maximum Gasteiger partial charge on any atom is 0.312 e. The minimum Gasteiger partial charge on any atom is -0.466 e. The summed E-state index contributed by atoms with van der Waals surface area (Å²) in [4.78, 5) is 45.1. The smallest absolute Gasteiger partial charge is 0.312 e. The van der Waals surface area contributed by atoms with E-state index in [2.05, 4.69) is 13.5 Å². The Bertz CT molecular complexity index is 830. The maximum atomic E-state index is 14.4. The summed E-state index contributed by atoms with van der Waals surface area (Å²) in [6.07, 6.45) is 5.09. The molecule has 8 heteroatoms. The highest BCUT2D eigenvalue weighted by Gasteiger charge is 2.79. The lowest BCUT2D eigenvalue weighted by Gasteiger charge is -2.42. The van der Waals surface area contributed by atoms with E-state index in [1.165, 1.54) is 0 Å². The van der Waals surface area contributed by atoms with Crippen LogP contribution in [0.2, 0.25) is 0 Å². The number of aliphatic hydroxyl groups is 1. The fourth-order valence-corrected chi connectivity index (χ4v) is 6.86. The van der Waals surface area contributed by atoms with E-state index in [4.69, 9.17) is 9.47 Å². The largest absolute Gasteiger partial charge is 0.466 e. The van der Waals surface area contributed by atoms with Crippen molar-refractivity contribution in [3.63, 3.8) is 0 Å². The fraction of sp³-hybridized carbons (Fsp3) is 0.815. The molecule has 8 nitrogen and oxygen atoms in total. The molecule has 0 saturated carbocycles. The first-order chi connectivity index (χ1) is 16.6. The molecule has 3 heterocycles. The third-order valence-electron chi connectivity index (χ3n) is 8.55. The molecular weight excluding hydrogens is 448 g/mol. The number of amides is 2. The van der Waals surface area contributed by atoms with Crippen molar-refractivity contribution in [2.24, 2.45) is 17.8 Å². The number of fused-ring (bicyclic) bond motifs is 1. The van der Waals surface area contributed by atoms with E-state index < -0.39 is 41.1 Å². The summed E-state index contributed by atoms with van der Waals surface area (Å²) in [6, 6.07) is -1.53. The lowest BCUT2D eigenvalue weighted by Crippen LogP contribution is -2.60. The van der Waals surface area contributed by atoms with Gasteiger partial charge in [-0.2, -0.15) is 0 Å². The van der Waals surface area contributed by atoms with Crippen LogP contribution in [0.4, 0.5) is 0 Å². The second-order valence-corrected chi connectivity index (χ2v) is 10.7. The van der Waals surface area contributed by atoms with Crippen LogP contribution in [0.1, 0.15) is 73.6 Å². The highest BCUT2D eigenvalue weighted by Crippen LogP contribution is 2.65. The molecule has 3 aliphatic heterocycles. The molecule has 0 aromatic rings. The molecule has 3 saturated heterocycles. The van der Waals surface area contributed by atoms with E-state index in [0.29, 0.717) is 25.8 Å². The molecule has 0 aromatic carbocycles. The lowest BCUT2D eigenvalue weighted by atomic mass is 9.65. The Labute approximate surface area is 210 Å². The van der Waals surface area contributed by atoms with Gasteiger partial charge in [-0.15, -0.1) is 6.58 Å². The molecular formula is C27H44N2O6. The molecule has 1 N–H and O–H groups in total. The monoisotopic (exact) mass is 492 g/mol. The van der Waals surface area contributed by atoms with Crippen molar-refractivity contribution < 1.29 is 29.0 Å². The predicted octanol–water partition coefficient (Wildman–Crippen LogP) is 2.92. The molecule has 3 rings (SSSR count). The van der Waals surface area contributed by atoms with E-state index in [1.54, 1.807) is 22.8 Å². The minimum atomic E-state index is -1.12. The molecule has 3 aliphatic rings. The number of esters is 1. The molecule has 198 valence electrons. The predicted molar refractivity (Wildman–Crippen MR) is 132 cm³/mol. The first kappa shape index (κ1) is 27.7. The third-order valence-corrected chi connectivity index (χ3v) is 8.55. The highest BCUT2D eigenvalue weighted by atomic mass is 16.6. The molecule has 3 fully saturated rings. The van der Waals surface area contributed by atoms with Crippen LogP contribution >= 0.6 is 0 Å². The quantitative estimate of drug-likeness (QED) is 0.332. The van der Waals surface area contributed by atoms with Crippen LogP contribution in [0.25, 0.3) is 0 Å². The van der Waals surface area contributed by atoms with Gasteiger partial charge in [0, 0.05) is 12.6 Å². The number of carbonyl (C=O) groups excluding carboxylic acids is 3. The average molecular weight is 493 g/mol. The Balaban J connectivity index is 2.17. The van der Waals surface area contributed by atoms with Crippen molar-refractivity contribution in [2.45, 2.75) is 103 Å². The van der Waals surface area contributed by atoms with Gasteiger partial charge in [0.2, 0.25) is 11.8 Å². The standard InChI is InChI=1S/C27H44N2O6/c1-8-12-18(7)28(15-9-2)24(32)22-27-14-13-26(10-3,35-27)21(25(33)34-11-4)20(27)23(31)29(22)19(16-30)17(5)6/h9,17-22,30H,2,8,10-16H2,1,3-7H3/t18?,19-,20-,21+,22?,26-,27?/m0/s1. The summed E-state index contributed by atoms with van der Waals surface area (Å²) in [6.45, 7) is 15.8. The molecule has 7 atom stereocenters. The van der Waals surface area contributed by atoms with E-state index in [1.807, 2.05) is 27.7 Å². The summed E-state index contributed by atoms with van der Waals surface area (Å²) in [5, 5.41) is 10.3. The van der Waals surface area contributed by atoms with Gasteiger partial charge >= 0.3 is 5.97 Å². The molecule has 1 spiro atoms. The first-order valence-electron chi connectivity index (χ1n) is 13.3. The Morgan fingerprint density at radius 1 is 1.29 bits per heavy atom. The Morgan fingerprint density at radius 3 is 2.49 bits per heavy atom. The summed E-state index contributed by atoms with van der Waals surface area (Å²) < 4.78 is 12.2. The lowest BCUT2D eigenvalue weighted by molar-refractivity contribution is -0.164. The zero-order valence-electron chi connectivity index (χ0n) is 22.3. The van der Waals surface area contributed by atoms with Gasteiger partial charge in [-0.25, -0.2) is 0 Å². The third kappa shape index (κ3) is 4.20. The number of nitrogens with zero attached hydrogens (tertiary/aromatic N) is 2. The first-order valence-corrected chi connectivity index (χ1v) is 13.3. The second-order valence-electron chi connectivity index (χ2n) is 10.7. The summed E-state index contributed by atoms with van der Waals surface area (Å²) >= 11 is 0. The average Bonchev–Trinajstić information content (AvgIpc) is 3.42. The number of carbonyl (C=O) groups is 3. The molecule has 0 aliphatic carbocycles. The van der Waals surface area contributed by atoms with Crippen molar-refractivity contribution in [3.8, 4) is 0 Å². The van der Waals surface area contributed by atoms with Crippen LogP contribution < -0.4 is 0 Å². The Morgan fingerprint density at radius 2 is 1.97 bits per heavy atom. The number of rotatable bonds is 12. The second kappa shape index (κ2) is 10.6. The van der Waals surface area contributed by atoms with Gasteiger partial charge in [0.15, 0.2) is 0 Å². The zero-order chi connectivity index (χ0) is 26.1. The van der Waals surface area contributed by atoms with Gasteiger partial charge in [0.1, 0.15) is 17.6 Å². The number of aliphatic hydroxyl groups excluding tert-OH is 1. The van der Waals surface area contributed by atoms with Crippen molar-refractivity contribution in [2.75, 3.05) is 19.8 Å². The number of hydrogen-bond donors (Lipinski definition) is 1. The van der Waals surface area contributed by atoms with Gasteiger partial charge in [0.25, 0.3) is 0 Å². The van der Waals surface area contributed by atoms with Crippen LogP contribution in [0.15, 0.2) is 12.7 Å². The molecule has 2 bridgehead atoms. The van der Waals surface area contributed by atoms with Crippen molar-refractivity contribution in [1.82, 2.24) is 9.80 Å². The van der Waals surface area contributed by atoms with Crippen LogP contribution in [0, 0.1) is 17.8 Å². The van der Waals surface area contributed by atoms with E-state index in [-0.39, 0.29) is 37.0 Å². The fourth-order valence-electron chi connectivity index (χ4n) is 6.86. The van der Waals surface area contributed by atoms with Gasteiger partial charge in [-0.3, -0.25) is 14.4 Å². The Kier molecular flexibility index (Phi) is 8.37. The van der Waals surface area contributed by atoms with E-state index in [9.17, 15) is 19.5 Å². The zero-order valence-corrected chi connectivity index (χ0v) is 22.3. The van der Waals surface area contributed by atoms with Gasteiger partial charge in [0.05, 0.1) is 30.8 Å². The molecule has 3 unspecified atom stereocenters. The van der Waals surface area contributed by atoms with Crippen molar-refractivity contribution in [1.29, 1.82) is 0 Å². The SMILES string of the molecule is C=CCN(C(=O)C1N([C@@H](CO)C(C)C)C(=O)[C@@H]2[C@H](C(=O)OCC)[C@]3(CC)CCC12O3)C(C)CCC. The van der Waals surface area contributed by atoms with Crippen LogP contribution in [-0.4, -0.2) is 81.8 Å². The van der Waals surface area contributed by atoms with Gasteiger partial charge < -0.3 is 24.4 Å². The molecule has 0 aromatic heterocycles.